The summed E-state index contributed by atoms with van der Waals surface area (Å²) in [6.07, 6.45) is 5.37. The highest BCUT2D eigenvalue weighted by Gasteiger charge is 2.63. The number of carboxylic acid groups (broad SMARTS) is 1. The van der Waals surface area contributed by atoms with Gasteiger partial charge in [-0.3, -0.25) is 9.59 Å². The van der Waals surface area contributed by atoms with E-state index in [1.807, 2.05) is 24.3 Å². The third kappa shape index (κ3) is 3.77. The van der Waals surface area contributed by atoms with Crippen molar-refractivity contribution in [1.82, 2.24) is 10.2 Å². The Kier molecular flexibility index (Phi) is 5.13. The maximum absolute atomic E-state index is 13.6. The second kappa shape index (κ2) is 8.11. The third-order valence-electron chi connectivity index (χ3n) is 8.42. The Morgan fingerprint density at radius 2 is 1.57 bits per heavy atom. The summed E-state index contributed by atoms with van der Waals surface area (Å²) in [6, 6.07) is 16.3. The van der Waals surface area contributed by atoms with Crippen molar-refractivity contribution in [2.45, 2.75) is 62.4 Å². The molecule has 2 aromatic rings. The fraction of sp³-hybridized carbons (Fsp3) is 0.464. The van der Waals surface area contributed by atoms with E-state index >= 15 is 0 Å². The van der Waals surface area contributed by atoms with Crippen LogP contribution in [0.4, 0.5) is 4.79 Å². The van der Waals surface area contributed by atoms with Crippen LogP contribution in [0.25, 0.3) is 11.1 Å². The molecule has 0 saturated heterocycles. The number of ether oxygens (including phenoxy) is 1. The standard InChI is InChI=1S/C28H30N2O5/c31-24(32)14-30(18-10-11-18)25(33)28(16-27(17-28)12-5-13-27)29-26(34)35-15-23-21-8-3-1-6-19(21)20-7-2-4-9-22(20)23/h1-4,6-9,18,23H,5,10-17H2,(H,29,34)(H,31,32). The van der Waals surface area contributed by atoms with Crippen molar-refractivity contribution >= 4 is 18.0 Å². The van der Waals surface area contributed by atoms with E-state index in [0.29, 0.717) is 12.8 Å². The molecule has 2 amide bonds. The van der Waals surface area contributed by atoms with Gasteiger partial charge in [0.2, 0.25) is 5.91 Å². The number of nitrogens with zero attached hydrogens (tertiary/aromatic N) is 1. The zero-order valence-electron chi connectivity index (χ0n) is 19.7. The van der Waals surface area contributed by atoms with Crippen LogP contribution < -0.4 is 5.32 Å². The highest BCUT2D eigenvalue weighted by molar-refractivity contribution is 5.93. The molecule has 4 aliphatic rings. The van der Waals surface area contributed by atoms with E-state index in [9.17, 15) is 19.5 Å². The van der Waals surface area contributed by atoms with Crippen molar-refractivity contribution in [3.05, 3.63) is 59.7 Å². The number of benzene rings is 2. The lowest BCUT2D eigenvalue weighted by Gasteiger charge is -2.60. The first-order valence-electron chi connectivity index (χ1n) is 12.6. The van der Waals surface area contributed by atoms with Crippen molar-refractivity contribution in [2.75, 3.05) is 13.2 Å². The Morgan fingerprint density at radius 1 is 0.971 bits per heavy atom. The molecule has 3 saturated carbocycles. The van der Waals surface area contributed by atoms with Gasteiger partial charge in [-0.2, -0.15) is 0 Å². The van der Waals surface area contributed by atoms with E-state index in [4.69, 9.17) is 4.74 Å². The maximum Gasteiger partial charge on any atom is 0.408 e. The maximum atomic E-state index is 13.6. The van der Waals surface area contributed by atoms with Gasteiger partial charge in [0.05, 0.1) is 0 Å². The summed E-state index contributed by atoms with van der Waals surface area (Å²) in [5, 5.41) is 12.3. The normalized spacial score (nSPS) is 20.7. The number of nitrogens with one attached hydrogen (secondary N) is 1. The number of carbonyl (C=O) groups excluding carboxylic acids is 2. The molecule has 2 N–H and O–H groups in total. The SMILES string of the molecule is O=C(O)CN(C(=O)C1(NC(=O)OCC2c3ccccc3-c3ccccc32)CC2(CCC2)C1)C1CC1. The van der Waals surface area contributed by atoms with Gasteiger partial charge >= 0.3 is 12.1 Å². The zero-order valence-corrected chi connectivity index (χ0v) is 19.7. The second-order valence-electron chi connectivity index (χ2n) is 10.8. The van der Waals surface area contributed by atoms with E-state index < -0.39 is 17.6 Å². The van der Waals surface area contributed by atoms with Crippen molar-refractivity contribution in [2.24, 2.45) is 5.41 Å². The van der Waals surface area contributed by atoms with E-state index in [2.05, 4.69) is 29.6 Å². The summed E-state index contributed by atoms with van der Waals surface area (Å²) < 4.78 is 5.74. The number of rotatable bonds is 7. The summed E-state index contributed by atoms with van der Waals surface area (Å²) in [6.45, 7) is -0.151. The first-order chi connectivity index (χ1) is 16.9. The summed E-state index contributed by atoms with van der Waals surface area (Å²) >= 11 is 0. The lowest BCUT2D eigenvalue weighted by Crippen LogP contribution is -2.71. The van der Waals surface area contributed by atoms with Crippen molar-refractivity contribution in [3.63, 3.8) is 0 Å². The predicted molar refractivity (Wildman–Crippen MR) is 129 cm³/mol. The molecule has 35 heavy (non-hydrogen) atoms. The molecule has 0 bridgehead atoms. The molecule has 1 spiro atoms. The van der Waals surface area contributed by atoms with Gasteiger partial charge < -0.3 is 20.1 Å². The van der Waals surface area contributed by atoms with Gasteiger partial charge in [-0.25, -0.2) is 4.79 Å². The van der Waals surface area contributed by atoms with Crippen LogP contribution in [0, 0.1) is 5.41 Å². The number of alkyl carbamates (subject to hydrolysis) is 1. The zero-order chi connectivity index (χ0) is 24.2. The topological polar surface area (TPSA) is 95.9 Å². The quantitative estimate of drug-likeness (QED) is 0.624. The molecule has 182 valence electrons. The molecule has 4 aliphatic carbocycles. The Balaban J connectivity index is 1.18. The van der Waals surface area contributed by atoms with Gasteiger partial charge in [-0.1, -0.05) is 55.0 Å². The molecule has 0 radical (unpaired) electrons. The fourth-order valence-corrected chi connectivity index (χ4v) is 6.56. The van der Waals surface area contributed by atoms with Gasteiger partial charge in [-0.05, 0) is 66.2 Å². The van der Waals surface area contributed by atoms with Gasteiger partial charge in [0.1, 0.15) is 18.7 Å². The van der Waals surface area contributed by atoms with E-state index in [1.54, 1.807) is 0 Å². The predicted octanol–water partition coefficient (Wildman–Crippen LogP) is 4.30. The minimum Gasteiger partial charge on any atom is -0.480 e. The van der Waals surface area contributed by atoms with Gasteiger partial charge in [-0.15, -0.1) is 0 Å². The number of fused-ring (bicyclic) bond motifs is 3. The average Bonchev–Trinajstić information content (AvgIpc) is 3.59. The molecule has 2 aromatic carbocycles. The van der Waals surface area contributed by atoms with Gasteiger partial charge in [0.15, 0.2) is 0 Å². The van der Waals surface area contributed by atoms with Crippen LogP contribution in [0.5, 0.6) is 0 Å². The number of aliphatic carboxylic acids is 1. The minimum atomic E-state index is -1.07. The number of hydrogen-bond acceptors (Lipinski definition) is 4. The van der Waals surface area contributed by atoms with Crippen LogP contribution in [0.2, 0.25) is 0 Å². The molecular weight excluding hydrogens is 444 g/mol. The Hall–Kier alpha value is -3.35. The van der Waals surface area contributed by atoms with Crippen LogP contribution in [0.15, 0.2) is 48.5 Å². The summed E-state index contributed by atoms with van der Waals surface area (Å²) in [5.41, 5.74) is 3.61. The first kappa shape index (κ1) is 22.1. The smallest absolute Gasteiger partial charge is 0.408 e. The Morgan fingerprint density at radius 3 is 2.09 bits per heavy atom. The monoisotopic (exact) mass is 474 g/mol. The van der Waals surface area contributed by atoms with E-state index in [1.165, 1.54) is 4.90 Å². The number of hydrogen-bond donors (Lipinski definition) is 2. The Labute approximate surface area is 204 Å². The lowest BCUT2D eigenvalue weighted by molar-refractivity contribution is -0.159. The largest absolute Gasteiger partial charge is 0.480 e. The second-order valence-corrected chi connectivity index (χ2v) is 10.8. The van der Waals surface area contributed by atoms with Gasteiger partial charge in [0, 0.05) is 12.0 Å². The highest BCUT2D eigenvalue weighted by Crippen LogP contribution is 2.61. The van der Waals surface area contributed by atoms with Gasteiger partial charge in [0.25, 0.3) is 0 Å². The fourth-order valence-electron chi connectivity index (χ4n) is 6.56. The van der Waals surface area contributed by atoms with Crippen molar-refractivity contribution in [1.29, 1.82) is 0 Å². The summed E-state index contributed by atoms with van der Waals surface area (Å²) in [7, 11) is 0. The first-order valence-corrected chi connectivity index (χ1v) is 12.6. The Bertz CT molecular complexity index is 1150. The van der Waals surface area contributed by atoms with Crippen molar-refractivity contribution < 1.29 is 24.2 Å². The highest BCUT2D eigenvalue weighted by atomic mass is 16.5. The molecule has 0 aliphatic heterocycles. The van der Waals surface area contributed by atoms with Crippen LogP contribution in [0.3, 0.4) is 0 Å². The molecular formula is C28H30N2O5. The molecule has 0 atom stereocenters. The molecule has 7 heteroatoms. The molecule has 7 nitrogen and oxygen atoms in total. The summed E-state index contributed by atoms with van der Waals surface area (Å²) in [4.78, 5) is 39.6. The minimum absolute atomic E-state index is 0.0438. The average molecular weight is 475 g/mol. The number of amides is 2. The molecule has 6 rings (SSSR count). The van der Waals surface area contributed by atoms with Crippen LogP contribution in [-0.2, 0) is 14.3 Å². The molecule has 0 aromatic heterocycles. The summed E-state index contributed by atoms with van der Waals surface area (Å²) in [5.74, 6) is -1.36. The number of carbonyl (C=O) groups is 3. The number of carboxylic acids is 1. The van der Waals surface area contributed by atoms with Crippen LogP contribution in [0.1, 0.15) is 62.0 Å². The molecule has 0 unspecified atom stereocenters. The van der Waals surface area contributed by atoms with Crippen molar-refractivity contribution in [3.8, 4) is 11.1 Å². The van der Waals surface area contributed by atoms with E-state index in [0.717, 1.165) is 54.4 Å². The molecule has 3 fully saturated rings. The lowest BCUT2D eigenvalue weighted by atomic mass is 9.48. The van der Waals surface area contributed by atoms with Crippen LogP contribution >= 0.6 is 0 Å². The van der Waals surface area contributed by atoms with E-state index in [-0.39, 0.29) is 36.4 Å². The van der Waals surface area contributed by atoms with Crippen LogP contribution in [-0.4, -0.2) is 52.7 Å². The third-order valence-corrected chi connectivity index (χ3v) is 8.42. The molecule has 0 heterocycles.